The van der Waals surface area contributed by atoms with Crippen molar-refractivity contribution >= 4 is 6.09 Å². The van der Waals surface area contributed by atoms with Crippen LogP contribution in [-0.4, -0.2) is 21.3 Å². The van der Waals surface area contributed by atoms with E-state index in [2.05, 4.69) is 10.3 Å². The molecule has 0 saturated heterocycles. The van der Waals surface area contributed by atoms with Crippen molar-refractivity contribution in [1.82, 2.24) is 10.5 Å². The summed E-state index contributed by atoms with van der Waals surface area (Å²) in [5.41, 5.74) is 2.00. The van der Waals surface area contributed by atoms with E-state index in [9.17, 15) is 4.79 Å². The molecule has 7 nitrogen and oxygen atoms in total. The van der Waals surface area contributed by atoms with E-state index in [0.29, 0.717) is 5.01 Å². The molecule has 0 radical (unpaired) electrons. The zero-order valence-electron chi connectivity index (χ0n) is 4.72. The number of nitrogens with zero attached hydrogens (tertiary/aromatic N) is 3. The quantitative estimate of drug-likeness (QED) is 0.452. The van der Waals surface area contributed by atoms with Crippen molar-refractivity contribution < 1.29 is 15.0 Å². The van der Waals surface area contributed by atoms with E-state index in [1.54, 1.807) is 0 Å². The Kier molecular flexibility index (Phi) is 1.40. The van der Waals surface area contributed by atoms with Crippen LogP contribution in [0.4, 0.5) is 4.79 Å². The smallest absolute Gasteiger partial charge is 0.431 e. The summed E-state index contributed by atoms with van der Waals surface area (Å²) in [5.74, 6) is -0.457. The van der Waals surface area contributed by atoms with Gasteiger partial charge in [0.1, 0.15) is 0 Å². The van der Waals surface area contributed by atoms with Crippen molar-refractivity contribution in [2.75, 3.05) is 0 Å². The minimum Gasteiger partial charge on any atom is -0.491 e. The summed E-state index contributed by atoms with van der Waals surface area (Å²) >= 11 is 0. The maximum atomic E-state index is 10.1. The molecule has 10 heavy (non-hydrogen) atoms. The maximum absolute atomic E-state index is 10.1. The van der Waals surface area contributed by atoms with Gasteiger partial charge in [0.2, 0.25) is 0 Å². The Labute approximate surface area is 55.2 Å². The number of aliphatic hydroxyl groups is 1. The van der Waals surface area contributed by atoms with Crippen LogP contribution in [0.5, 0.6) is 0 Å². The number of nitrogens with one attached hydrogen (secondary N) is 1. The van der Waals surface area contributed by atoms with Crippen LogP contribution >= 0.6 is 0 Å². The normalized spacial score (nSPS) is 16.0. The van der Waals surface area contributed by atoms with Crippen LogP contribution in [0.1, 0.15) is 0 Å². The third-order valence-electron chi connectivity index (χ3n) is 0.756. The largest absolute Gasteiger partial charge is 0.491 e. The van der Waals surface area contributed by atoms with Crippen LogP contribution < -0.4 is 5.53 Å². The molecule has 0 bridgehead atoms. The average Bonchev–Trinajstić information content (AvgIpc) is 1.88. The van der Waals surface area contributed by atoms with Crippen molar-refractivity contribution in [2.24, 2.45) is 10.3 Å². The Morgan fingerprint density at radius 3 is 2.90 bits per heavy atom. The molecule has 0 aliphatic carbocycles. The minimum atomic E-state index is -1.27. The lowest BCUT2D eigenvalue weighted by Crippen LogP contribution is -2.35. The molecule has 1 heterocycles. The SMILES string of the molecule is O=C(O)N1C=C(O)N=NN1. The monoisotopic (exact) mass is 144 g/mol. The first-order valence-corrected chi connectivity index (χ1v) is 2.29. The van der Waals surface area contributed by atoms with E-state index in [0.717, 1.165) is 6.20 Å². The summed E-state index contributed by atoms with van der Waals surface area (Å²) in [6, 6.07) is 0. The number of hydrazine groups is 1. The summed E-state index contributed by atoms with van der Waals surface area (Å²) in [4.78, 5) is 10.1. The topological polar surface area (TPSA) is 97.5 Å². The summed E-state index contributed by atoms with van der Waals surface area (Å²) in [6.45, 7) is 0. The molecule has 3 N–H and O–H groups in total. The highest BCUT2D eigenvalue weighted by molar-refractivity contribution is 5.65. The van der Waals surface area contributed by atoms with Crippen LogP contribution in [0.3, 0.4) is 0 Å². The van der Waals surface area contributed by atoms with Crippen LogP contribution in [-0.2, 0) is 0 Å². The van der Waals surface area contributed by atoms with Crippen molar-refractivity contribution in [3.63, 3.8) is 0 Å². The van der Waals surface area contributed by atoms with E-state index >= 15 is 0 Å². The van der Waals surface area contributed by atoms with E-state index < -0.39 is 12.0 Å². The first-order valence-electron chi connectivity index (χ1n) is 2.29. The first-order chi connectivity index (χ1) is 4.70. The van der Waals surface area contributed by atoms with Crippen LogP contribution in [0, 0.1) is 0 Å². The van der Waals surface area contributed by atoms with E-state index in [1.165, 1.54) is 0 Å². The van der Waals surface area contributed by atoms with E-state index in [-0.39, 0.29) is 0 Å². The van der Waals surface area contributed by atoms with Gasteiger partial charge in [-0.2, -0.15) is 10.5 Å². The molecule has 1 aliphatic heterocycles. The van der Waals surface area contributed by atoms with E-state index in [4.69, 9.17) is 10.2 Å². The van der Waals surface area contributed by atoms with Crippen molar-refractivity contribution in [2.45, 2.75) is 0 Å². The number of hydrogen-bond donors (Lipinski definition) is 3. The third kappa shape index (κ3) is 1.13. The fourth-order valence-electron chi connectivity index (χ4n) is 0.390. The van der Waals surface area contributed by atoms with Gasteiger partial charge in [-0.25, -0.2) is 4.79 Å². The van der Waals surface area contributed by atoms with Gasteiger partial charge in [-0.15, -0.1) is 0 Å². The molecule has 0 spiro atoms. The molecule has 0 aromatic carbocycles. The molecule has 7 heteroatoms. The lowest BCUT2D eigenvalue weighted by molar-refractivity contribution is 0.136. The molecule has 0 fully saturated rings. The molecule has 1 rings (SSSR count). The molecule has 0 aromatic rings. The number of hydrogen-bond acceptors (Lipinski definition) is 5. The van der Waals surface area contributed by atoms with Crippen molar-refractivity contribution in [1.29, 1.82) is 0 Å². The fourth-order valence-corrected chi connectivity index (χ4v) is 0.390. The Bertz CT molecular complexity index is 210. The predicted molar refractivity (Wildman–Crippen MR) is 28.6 cm³/mol. The molecule has 1 amide bonds. The van der Waals surface area contributed by atoms with Gasteiger partial charge >= 0.3 is 6.09 Å². The van der Waals surface area contributed by atoms with Gasteiger partial charge in [0.25, 0.3) is 5.88 Å². The number of amides is 1. The van der Waals surface area contributed by atoms with Crippen LogP contribution in [0.25, 0.3) is 0 Å². The lowest BCUT2D eigenvalue weighted by atomic mass is 10.8. The van der Waals surface area contributed by atoms with Gasteiger partial charge in [0, 0.05) is 0 Å². The lowest BCUT2D eigenvalue weighted by Gasteiger charge is -2.13. The number of rotatable bonds is 0. The number of carboxylic acid groups (broad SMARTS) is 1. The molecule has 0 unspecified atom stereocenters. The average molecular weight is 144 g/mol. The van der Waals surface area contributed by atoms with E-state index in [1.807, 2.05) is 5.53 Å². The fraction of sp³-hybridized carbons (Fsp3) is 0. The number of carbonyl (C=O) groups is 1. The van der Waals surface area contributed by atoms with Crippen LogP contribution in [0.15, 0.2) is 22.4 Å². The van der Waals surface area contributed by atoms with Crippen molar-refractivity contribution in [3.05, 3.63) is 12.1 Å². The Hall–Kier alpha value is -1.79. The Morgan fingerprint density at radius 2 is 2.50 bits per heavy atom. The number of aliphatic hydroxyl groups excluding tert-OH is 1. The Morgan fingerprint density at radius 1 is 1.80 bits per heavy atom. The predicted octanol–water partition coefficient (Wildman–Crippen LogP) is 0.209. The molecule has 54 valence electrons. The molecular formula is C3H4N4O3. The third-order valence-corrected chi connectivity index (χ3v) is 0.756. The maximum Gasteiger partial charge on any atom is 0.431 e. The highest BCUT2D eigenvalue weighted by Crippen LogP contribution is 1.99. The second kappa shape index (κ2) is 2.21. The highest BCUT2D eigenvalue weighted by Gasteiger charge is 2.11. The molecule has 0 aromatic heterocycles. The zero-order valence-corrected chi connectivity index (χ0v) is 4.72. The van der Waals surface area contributed by atoms with Gasteiger partial charge in [0.15, 0.2) is 0 Å². The second-order valence-corrected chi connectivity index (χ2v) is 1.44. The summed E-state index contributed by atoms with van der Waals surface area (Å²) in [7, 11) is 0. The van der Waals surface area contributed by atoms with Gasteiger partial charge in [-0.3, -0.25) is 0 Å². The molecule has 0 saturated carbocycles. The Balaban J connectivity index is 2.69. The van der Waals surface area contributed by atoms with Crippen LogP contribution in [0.2, 0.25) is 0 Å². The van der Waals surface area contributed by atoms with Gasteiger partial charge in [0.05, 0.1) is 6.20 Å². The molecular weight excluding hydrogens is 140 g/mol. The summed E-state index contributed by atoms with van der Waals surface area (Å²) in [5, 5.41) is 23.6. The highest BCUT2D eigenvalue weighted by atomic mass is 16.4. The van der Waals surface area contributed by atoms with Crippen molar-refractivity contribution in [3.8, 4) is 0 Å². The molecule has 0 atom stereocenters. The summed E-state index contributed by atoms with van der Waals surface area (Å²) in [6.07, 6.45) is -0.389. The second-order valence-electron chi connectivity index (χ2n) is 1.44. The minimum absolute atomic E-state index is 0.457. The van der Waals surface area contributed by atoms with Gasteiger partial charge < -0.3 is 10.2 Å². The zero-order chi connectivity index (χ0) is 7.56. The van der Waals surface area contributed by atoms with Gasteiger partial charge in [-0.05, 0) is 5.22 Å². The summed E-state index contributed by atoms with van der Waals surface area (Å²) < 4.78 is 0. The van der Waals surface area contributed by atoms with Gasteiger partial charge in [-0.1, -0.05) is 5.11 Å². The standard InChI is InChI=1S/C3H4N4O3/c8-2-1-7(3(9)10)6-5-4-2/h1,8H,(H,4,6)(H,9,10). The molecule has 1 aliphatic rings. The first kappa shape index (κ1) is 6.33.